The Morgan fingerprint density at radius 2 is 1.79 bits per heavy atom. The maximum absolute atomic E-state index is 12.9. The van der Waals surface area contributed by atoms with Crippen molar-refractivity contribution in [3.05, 3.63) is 65.2 Å². The van der Waals surface area contributed by atoms with Gasteiger partial charge in [-0.2, -0.15) is 5.26 Å². The first kappa shape index (κ1) is 24.6. The molecule has 178 valence electrons. The summed E-state index contributed by atoms with van der Waals surface area (Å²) in [6, 6.07) is 12.9. The van der Waals surface area contributed by atoms with E-state index in [-0.39, 0.29) is 24.9 Å². The van der Waals surface area contributed by atoms with Crippen molar-refractivity contribution >= 4 is 23.3 Å². The Bertz CT molecular complexity index is 1170. The number of benzene rings is 1. The predicted octanol–water partition coefficient (Wildman–Crippen LogP) is 2.11. The van der Waals surface area contributed by atoms with Gasteiger partial charge < -0.3 is 29.3 Å². The lowest BCUT2D eigenvalue weighted by atomic mass is 10.2. The Morgan fingerprint density at radius 3 is 2.35 bits per heavy atom. The van der Waals surface area contributed by atoms with E-state index in [0.29, 0.717) is 41.7 Å². The van der Waals surface area contributed by atoms with Gasteiger partial charge in [-0.25, -0.2) is 0 Å². The number of ether oxygens (including phenoxy) is 1. The monoisotopic (exact) mass is 464 g/mol. The number of carbonyl (C=O) groups is 2. The van der Waals surface area contributed by atoms with Gasteiger partial charge in [0.2, 0.25) is 0 Å². The molecule has 3 aromatic rings. The molecule has 1 aromatic carbocycles. The minimum atomic E-state index is -0.274. The van der Waals surface area contributed by atoms with Gasteiger partial charge in [0.05, 0.1) is 32.0 Å². The van der Waals surface area contributed by atoms with E-state index in [4.69, 9.17) is 9.15 Å². The zero-order valence-corrected chi connectivity index (χ0v) is 19.9. The number of amides is 2. The quantitative estimate of drug-likeness (QED) is 0.425. The van der Waals surface area contributed by atoms with Gasteiger partial charge in [0, 0.05) is 11.4 Å². The highest BCUT2D eigenvalue weighted by molar-refractivity contribution is 5.93. The molecule has 2 amide bonds. The van der Waals surface area contributed by atoms with Gasteiger partial charge in [-0.15, -0.1) is 0 Å². The second kappa shape index (κ2) is 11.2. The van der Waals surface area contributed by atoms with Crippen LogP contribution in [-0.2, 0) is 16.1 Å². The predicted molar refractivity (Wildman–Crippen MR) is 128 cm³/mol. The zero-order chi connectivity index (χ0) is 24.7. The van der Waals surface area contributed by atoms with Crippen molar-refractivity contribution in [2.45, 2.75) is 27.3 Å². The van der Waals surface area contributed by atoms with Crippen LogP contribution in [0.15, 0.2) is 47.1 Å². The highest BCUT2D eigenvalue weighted by Gasteiger charge is 2.23. The van der Waals surface area contributed by atoms with Gasteiger partial charge in [0.25, 0.3) is 11.8 Å². The number of aromatic nitrogens is 1. The summed E-state index contributed by atoms with van der Waals surface area (Å²) < 4.78 is 12.4. The van der Waals surface area contributed by atoms with E-state index < -0.39 is 0 Å². The summed E-state index contributed by atoms with van der Waals surface area (Å²) in [5, 5.41) is 15.4. The smallest absolute Gasteiger partial charge is 0.280 e. The molecule has 0 bridgehead atoms. The summed E-state index contributed by atoms with van der Waals surface area (Å²) in [6.07, 6.45) is 1.59. The van der Waals surface area contributed by atoms with Crippen molar-refractivity contribution in [3.63, 3.8) is 0 Å². The van der Waals surface area contributed by atoms with E-state index >= 15 is 0 Å². The SMILES string of the molecule is CC[NH+](CC(=O)Nc1ccc(OC)cc1)CC(=O)Nc1c(C#N)c(C)c(C)n1Cc1ccco1. The number of likely N-dealkylation sites (N-methyl/N-ethyl adjacent to an activating group) is 1. The molecule has 0 saturated heterocycles. The molecule has 9 heteroatoms. The summed E-state index contributed by atoms with van der Waals surface area (Å²) in [4.78, 5) is 26.2. The number of rotatable bonds is 10. The molecule has 0 radical (unpaired) electrons. The molecule has 3 rings (SSSR count). The summed E-state index contributed by atoms with van der Waals surface area (Å²) in [7, 11) is 1.58. The second-order valence-electron chi connectivity index (χ2n) is 7.99. The number of carbonyl (C=O) groups excluding carboxylic acids is 2. The van der Waals surface area contributed by atoms with Gasteiger partial charge in [0.15, 0.2) is 13.1 Å². The number of nitrogens with zero attached hydrogens (tertiary/aromatic N) is 2. The normalized spacial score (nSPS) is 11.5. The van der Waals surface area contributed by atoms with Crippen LogP contribution in [0.2, 0.25) is 0 Å². The minimum Gasteiger partial charge on any atom is -0.497 e. The molecule has 34 heavy (non-hydrogen) atoms. The minimum absolute atomic E-state index is 0.0848. The molecule has 0 aliphatic carbocycles. The van der Waals surface area contributed by atoms with Crippen LogP contribution in [0, 0.1) is 25.2 Å². The summed E-state index contributed by atoms with van der Waals surface area (Å²) >= 11 is 0. The molecule has 9 nitrogen and oxygen atoms in total. The van der Waals surface area contributed by atoms with Crippen LogP contribution >= 0.6 is 0 Å². The van der Waals surface area contributed by atoms with Crippen molar-refractivity contribution in [2.24, 2.45) is 0 Å². The topological polar surface area (TPSA) is 114 Å². The number of quaternary nitrogens is 1. The van der Waals surface area contributed by atoms with Crippen LogP contribution in [0.4, 0.5) is 11.5 Å². The number of methoxy groups -OCH3 is 1. The Balaban J connectivity index is 1.67. The van der Waals surface area contributed by atoms with Crippen molar-refractivity contribution in [1.82, 2.24) is 4.57 Å². The molecular formula is C25H30N5O4+. The fraction of sp³-hybridized carbons (Fsp3) is 0.320. The number of hydrogen-bond donors (Lipinski definition) is 3. The van der Waals surface area contributed by atoms with Crippen molar-refractivity contribution in [2.75, 3.05) is 37.4 Å². The Labute approximate surface area is 198 Å². The molecule has 0 aliphatic heterocycles. The number of anilines is 2. The van der Waals surface area contributed by atoms with E-state index in [0.717, 1.165) is 16.2 Å². The number of furan rings is 1. The second-order valence-corrected chi connectivity index (χ2v) is 7.99. The number of nitrogens with one attached hydrogen (secondary N) is 3. The summed E-state index contributed by atoms with van der Waals surface area (Å²) in [5.74, 6) is 1.39. The van der Waals surface area contributed by atoms with Gasteiger partial charge in [-0.1, -0.05) is 0 Å². The fourth-order valence-electron chi connectivity index (χ4n) is 3.71. The lowest BCUT2D eigenvalue weighted by Crippen LogP contribution is -3.13. The molecule has 1 atom stereocenters. The number of nitriles is 1. The highest BCUT2D eigenvalue weighted by atomic mass is 16.5. The Morgan fingerprint density at radius 1 is 1.12 bits per heavy atom. The Kier molecular flexibility index (Phi) is 8.11. The average Bonchev–Trinajstić information content (AvgIpc) is 3.42. The third-order valence-corrected chi connectivity index (χ3v) is 5.79. The van der Waals surface area contributed by atoms with Crippen molar-refractivity contribution in [3.8, 4) is 11.8 Å². The third kappa shape index (κ3) is 5.85. The largest absolute Gasteiger partial charge is 0.497 e. The molecule has 1 unspecified atom stereocenters. The van der Waals surface area contributed by atoms with Gasteiger partial charge in [0.1, 0.15) is 23.4 Å². The van der Waals surface area contributed by atoms with E-state index in [1.165, 1.54) is 0 Å². The van der Waals surface area contributed by atoms with E-state index in [2.05, 4.69) is 16.7 Å². The van der Waals surface area contributed by atoms with Gasteiger partial charge in [-0.3, -0.25) is 9.59 Å². The molecule has 0 aliphatic rings. The lowest BCUT2D eigenvalue weighted by Gasteiger charge is -2.18. The van der Waals surface area contributed by atoms with Crippen LogP contribution in [0.1, 0.15) is 29.5 Å². The van der Waals surface area contributed by atoms with Crippen LogP contribution in [0.25, 0.3) is 0 Å². The molecular weight excluding hydrogens is 434 g/mol. The molecule has 2 heterocycles. The molecule has 0 spiro atoms. The first-order valence-corrected chi connectivity index (χ1v) is 11.1. The van der Waals surface area contributed by atoms with Crippen molar-refractivity contribution in [1.29, 1.82) is 5.26 Å². The van der Waals surface area contributed by atoms with Crippen LogP contribution in [0.3, 0.4) is 0 Å². The standard InChI is InChI=1S/C25H29N5O4/c1-5-29(15-23(31)27-19-8-10-20(33-4)11-9-19)16-24(32)28-25-22(13-26)17(2)18(3)30(25)14-21-7-6-12-34-21/h6-12H,5,14-16H2,1-4H3,(H,27,31)(H,28,32)/p+1. The molecule has 0 saturated carbocycles. The number of hydrogen-bond acceptors (Lipinski definition) is 5. The van der Waals surface area contributed by atoms with E-state index in [1.54, 1.807) is 43.7 Å². The zero-order valence-electron chi connectivity index (χ0n) is 19.9. The van der Waals surface area contributed by atoms with Gasteiger partial charge in [-0.05, 0) is 62.7 Å². The van der Waals surface area contributed by atoms with Gasteiger partial charge >= 0.3 is 0 Å². The van der Waals surface area contributed by atoms with Crippen LogP contribution in [0.5, 0.6) is 5.75 Å². The van der Waals surface area contributed by atoms with E-state index in [1.807, 2.05) is 31.4 Å². The highest BCUT2D eigenvalue weighted by Crippen LogP contribution is 2.27. The summed E-state index contributed by atoms with van der Waals surface area (Å²) in [5.41, 5.74) is 2.77. The van der Waals surface area contributed by atoms with E-state index in [9.17, 15) is 14.9 Å². The molecule has 2 aromatic heterocycles. The molecule has 3 N–H and O–H groups in total. The lowest BCUT2D eigenvalue weighted by molar-refractivity contribution is -0.881. The van der Waals surface area contributed by atoms with Crippen LogP contribution in [-0.4, -0.2) is 43.1 Å². The first-order valence-electron chi connectivity index (χ1n) is 11.1. The summed E-state index contributed by atoms with van der Waals surface area (Å²) in [6.45, 7) is 6.87. The Hall–Kier alpha value is -4.03. The maximum Gasteiger partial charge on any atom is 0.280 e. The maximum atomic E-state index is 12.9. The molecule has 0 fully saturated rings. The fourth-order valence-corrected chi connectivity index (χ4v) is 3.71. The average molecular weight is 465 g/mol. The van der Waals surface area contributed by atoms with Crippen molar-refractivity contribution < 1.29 is 23.6 Å². The first-order chi connectivity index (χ1) is 16.4. The third-order valence-electron chi connectivity index (χ3n) is 5.79. The van der Waals surface area contributed by atoms with Crippen LogP contribution < -0.4 is 20.3 Å².